The quantitative estimate of drug-likeness (QED) is 0.714. The van der Waals surface area contributed by atoms with Gasteiger partial charge in [-0.1, -0.05) is 45.0 Å². The summed E-state index contributed by atoms with van der Waals surface area (Å²) in [7, 11) is 0. The number of fused-ring (bicyclic) bond motifs is 1. The molecule has 0 saturated carbocycles. The van der Waals surface area contributed by atoms with E-state index in [0.29, 0.717) is 0 Å². The Kier molecular flexibility index (Phi) is 2.47. The standard InChI is InChI=1S/C14H17N/c1-4-14(2,3)12-9-5-7-11-8-6-10-15-13(11)12/h5-10H,4H2,1-3H3. The minimum Gasteiger partial charge on any atom is -0.256 e. The van der Waals surface area contributed by atoms with E-state index >= 15 is 0 Å². The minimum atomic E-state index is 0.202. The van der Waals surface area contributed by atoms with Gasteiger partial charge in [-0.25, -0.2) is 0 Å². The van der Waals surface area contributed by atoms with Gasteiger partial charge in [-0.2, -0.15) is 0 Å². The van der Waals surface area contributed by atoms with Gasteiger partial charge in [-0.15, -0.1) is 0 Å². The Bertz CT molecular complexity index is 466. The molecule has 0 aliphatic heterocycles. The normalized spacial score (nSPS) is 11.9. The second kappa shape index (κ2) is 3.65. The van der Waals surface area contributed by atoms with E-state index in [0.717, 1.165) is 11.9 Å². The Morgan fingerprint density at radius 2 is 1.87 bits per heavy atom. The summed E-state index contributed by atoms with van der Waals surface area (Å²) in [5.74, 6) is 0. The molecule has 0 unspecified atom stereocenters. The molecule has 2 rings (SSSR count). The highest BCUT2D eigenvalue weighted by atomic mass is 14.7. The number of rotatable bonds is 2. The van der Waals surface area contributed by atoms with Crippen molar-refractivity contribution in [3.63, 3.8) is 0 Å². The summed E-state index contributed by atoms with van der Waals surface area (Å²) < 4.78 is 0. The Morgan fingerprint density at radius 3 is 2.60 bits per heavy atom. The topological polar surface area (TPSA) is 12.9 Å². The number of hydrogen-bond donors (Lipinski definition) is 0. The van der Waals surface area contributed by atoms with E-state index in [4.69, 9.17) is 0 Å². The van der Waals surface area contributed by atoms with Gasteiger partial charge in [0.05, 0.1) is 5.52 Å². The smallest absolute Gasteiger partial charge is 0.0739 e. The Morgan fingerprint density at radius 1 is 1.13 bits per heavy atom. The molecule has 0 amide bonds. The van der Waals surface area contributed by atoms with Crippen LogP contribution in [0.15, 0.2) is 36.5 Å². The van der Waals surface area contributed by atoms with Gasteiger partial charge in [0.2, 0.25) is 0 Å². The molecule has 1 nitrogen and oxygen atoms in total. The van der Waals surface area contributed by atoms with E-state index in [1.807, 2.05) is 12.3 Å². The zero-order chi connectivity index (χ0) is 10.9. The molecular formula is C14H17N. The highest BCUT2D eigenvalue weighted by Crippen LogP contribution is 2.31. The van der Waals surface area contributed by atoms with Crippen molar-refractivity contribution in [2.75, 3.05) is 0 Å². The molecule has 0 spiro atoms. The lowest BCUT2D eigenvalue weighted by atomic mass is 9.81. The average Bonchev–Trinajstić information content (AvgIpc) is 2.28. The second-order valence-electron chi connectivity index (χ2n) is 4.62. The molecule has 1 aromatic heterocycles. The van der Waals surface area contributed by atoms with Crippen molar-refractivity contribution >= 4 is 10.9 Å². The van der Waals surface area contributed by atoms with Gasteiger partial charge < -0.3 is 0 Å². The van der Waals surface area contributed by atoms with Crippen LogP contribution in [-0.2, 0) is 5.41 Å². The molecule has 15 heavy (non-hydrogen) atoms. The van der Waals surface area contributed by atoms with Crippen LogP contribution in [0.5, 0.6) is 0 Å². The third kappa shape index (κ3) is 1.74. The summed E-state index contributed by atoms with van der Waals surface area (Å²) in [4.78, 5) is 4.50. The van der Waals surface area contributed by atoms with Crippen LogP contribution in [0.25, 0.3) is 10.9 Å². The van der Waals surface area contributed by atoms with Crippen molar-refractivity contribution in [3.05, 3.63) is 42.1 Å². The van der Waals surface area contributed by atoms with Crippen LogP contribution in [-0.4, -0.2) is 4.98 Å². The molecule has 1 aromatic carbocycles. The second-order valence-corrected chi connectivity index (χ2v) is 4.62. The molecule has 0 aliphatic carbocycles. The summed E-state index contributed by atoms with van der Waals surface area (Å²) in [5.41, 5.74) is 2.70. The van der Waals surface area contributed by atoms with Gasteiger partial charge in [-0.3, -0.25) is 4.98 Å². The third-order valence-electron chi connectivity index (χ3n) is 3.25. The van der Waals surface area contributed by atoms with E-state index in [1.54, 1.807) is 0 Å². The Hall–Kier alpha value is -1.37. The van der Waals surface area contributed by atoms with Crippen LogP contribution in [0.4, 0.5) is 0 Å². The molecule has 0 aliphatic rings. The van der Waals surface area contributed by atoms with Gasteiger partial charge in [-0.05, 0) is 23.5 Å². The van der Waals surface area contributed by atoms with Crippen molar-refractivity contribution in [2.45, 2.75) is 32.6 Å². The first-order valence-corrected chi connectivity index (χ1v) is 5.49. The summed E-state index contributed by atoms with van der Waals surface area (Å²) in [6, 6.07) is 10.6. The zero-order valence-electron chi connectivity index (χ0n) is 9.62. The maximum absolute atomic E-state index is 4.50. The Balaban J connectivity index is 2.71. The molecule has 0 N–H and O–H groups in total. The predicted molar refractivity (Wildman–Crippen MR) is 65.1 cm³/mol. The van der Waals surface area contributed by atoms with Crippen molar-refractivity contribution < 1.29 is 0 Å². The molecule has 78 valence electrons. The first kappa shape index (κ1) is 10.2. The van der Waals surface area contributed by atoms with Gasteiger partial charge in [0.25, 0.3) is 0 Å². The van der Waals surface area contributed by atoms with Crippen LogP contribution in [0.2, 0.25) is 0 Å². The average molecular weight is 199 g/mol. The summed E-state index contributed by atoms with van der Waals surface area (Å²) in [6.45, 7) is 6.77. The van der Waals surface area contributed by atoms with Crippen molar-refractivity contribution in [3.8, 4) is 0 Å². The van der Waals surface area contributed by atoms with Crippen LogP contribution in [0.1, 0.15) is 32.8 Å². The number of para-hydroxylation sites is 1. The SMILES string of the molecule is CCC(C)(C)c1cccc2cccnc12. The van der Waals surface area contributed by atoms with Gasteiger partial charge in [0.15, 0.2) is 0 Å². The predicted octanol–water partition coefficient (Wildman–Crippen LogP) is 3.92. The van der Waals surface area contributed by atoms with Crippen molar-refractivity contribution in [1.29, 1.82) is 0 Å². The van der Waals surface area contributed by atoms with Crippen molar-refractivity contribution in [1.82, 2.24) is 4.98 Å². The zero-order valence-corrected chi connectivity index (χ0v) is 9.62. The summed E-state index contributed by atoms with van der Waals surface area (Å²) in [6.07, 6.45) is 3.00. The molecule has 2 aromatic rings. The lowest BCUT2D eigenvalue weighted by molar-refractivity contribution is 0.510. The molecule has 0 saturated heterocycles. The fourth-order valence-corrected chi connectivity index (χ4v) is 1.84. The Labute approximate surface area is 91.2 Å². The van der Waals surface area contributed by atoms with Crippen LogP contribution < -0.4 is 0 Å². The van der Waals surface area contributed by atoms with E-state index in [2.05, 4.69) is 50.0 Å². The van der Waals surface area contributed by atoms with Crippen molar-refractivity contribution in [2.24, 2.45) is 0 Å². The summed E-state index contributed by atoms with van der Waals surface area (Å²) >= 11 is 0. The fraction of sp³-hybridized carbons (Fsp3) is 0.357. The lowest BCUT2D eigenvalue weighted by Crippen LogP contribution is -2.16. The maximum atomic E-state index is 4.50. The van der Waals surface area contributed by atoms with Crippen LogP contribution in [0, 0.1) is 0 Å². The summed E-state index contributed by atoms with van der Waals surface area (Å²) in [5, 5.41) is 1.23. The van der Waals surface area contributed by atoms with E-state index in [-0.39, 0.29) is 5.41 Å². The molecule has 1 heterocycles. The van der Waals surface area contributed by atoms with Gasteiger partial charge in [0.1, 0.15) is 0 Å². The molecule has 0 fully saturated rings. The number of nitrogens with zero attached hydrogens (tertiary/aromatic N) is 1. The van der Waals surface area contributed by atoms with Gasteiger partial charge in [0, 0.05) is 11.6 Å². The first-order valence-electron chi connectivity index (χ1n) is 5.49. The van der Waals surface area contributed by atoms with Crippen LogP contribution in [0.3, 0.4) is 0 Å². The lowest BCUT2D eigenvalue weighted by Gasteiger charge is -2.24. The third-order valence-corrected chi connectivity index (χ3v) is 3.25. The molecule has 1 heteroatoms. The maximum Gasteiger partial charge on any atom is 0.0739 e. The molecule has 0 radical (unpaired) electrons. The monoisotopic (exact) mass is 199 g/mol. The molecule has 0 atom stereocenters. The van der Waals surface area contributed by atoms with Gasteiger partial charge >= 0.3 is 0 Å². The first-order chi connectivity index (χ1) is 7.15. The van der Waals surface area contributed by atoms with E-state index in [9.17, 15) is 0 Å². The highest BCUT2D eigenvalue weighted by Gasteiger charge is 2.20. The minimum absolute atomic E-state index is 0.202. The fourth-order valence-electron chi connectivity index (χ4n) is 1.84. The largest absolute Gasteiger partial charge is 0.256 e. The molecular weight excluding hydrogens is 182 g/mol. The highest BCUT2D eigenvalue weighted by molar-refractivity contribution is 5.82. The number of aromatic nitrogens is 1. The van der Waals surface area contributed by atoms with Crippen LogP contribution >= 0.6 is 0 Å². The number of pyridine rings is 1. The number of hydrogen-bond acceptors (Lipinski definition) is 1. The molecule has 0 bridgehead atoms. The van der Waals surface area contributed by atoms with E-state index < -0.39 is 0 Å². The van der Waals surface area contributed by atoms with E-state index in [1.165, 1.54) is 10.9 Å². The number of benzene rings is 1.